The summed E-state index contributed by atoms with van der Waals surface area (Å²) in [5.41, 5.74) is 0. The van der Waals surface area contributed by atoms with Crippen molar-refractivity contribution in [1.29, 1.82) is 0 Å². The average molecular weight is 875 g/mol. The lowest BCUT2D eigenvalue weighted by atomic mass is 9.98. The SMILES string of the molecule is CC(CCCCCC(CCCCCCCCCCCC(CC(=O)O)OC1OC(CO)C(O)C(O)C1O)OC1OC(CO)C(O)C(O)C1O)OC1OC(CO)C(O)C(O)C1O. The van der Waals surface area contributed by atoms with Gasteiger partial charge in [0.1, 0.15) is 73.2 Å². The largest absolute Gasteiger partial charge is 0.481 e. The first kappa shape index (κ1) is 53.1. The van der Waals surface area contributed by atoms with E-state index < -0.39 is 124 Å². The summed E-state index contributed by atoms with van der Waals surface area (Å²) < 4.78 is 34.0. The van der Waals surface area contributed by atoms with E-state index in [2.05, 4.69) is 0 Å². The summed E-state index contributed by atoms with van der Waals surface area (Å²) in [5, 5.41) is 129. The van der Waals surface area contributed by atoms with Gasteiger partial charge in [0, 0.05) is 0 Å². The number of hydrogen-bond donors (Lipinski definition) is 13. The van der Waals surface area contributed by atoms with E-state index in [9.17, 15) is 71.2 Å². The zero-order valence-electron chi connectivity index (χ0n) is 34.7. The molecule has 20 nitrogen and oxygen atoms in total. The predicted molar refractivity (Wildman–Crippen MR) is 208 cm³/mol. The third-order valence-corrected chi connectivity index (χ3v) is 11.7. The number of unbranched alkanes of at least 4 members (excludes halogenated alkanes) is 10. The molecule has 0 aromatic carbocycles. The molecule has 18 atom stereocenters. The van der Waals surface area contributed by atoms with Crippen LogP contribution in [0.4, 0.5) is 0 Å². The summed E-state index contributed by atoms with van der Waals surface area (Å²) >= 11 is 0. The maximum absolute atomic E-state index is 11.4. The van der Waals surface area contributed by atoms with Crippen molar-refractivity contribution in [1.82, 2.24) is 0 Å². The van der Waals surface area contributed by atoms with Crippen LogP contribution < -0.4 is 0 Å². The van der Waals surface area contributed by atoms with Crippen LogP contribution in [-0.2, 0) is 33.2 Å². The molecular weight excluding hydrogens is 800 g/mol. The maximum Gasteiger partial charge on any atom is 0.305 e. The summed E-state index contributed by atoms with van der Waals surface area (Å²) in [5.74, 6) is -1.10. The van der Waals surface area contributed by atoms with Crippen LogP contribution in [0.5, 0.6) is 0 Å². The Labute approximate surface area is 351 Å². The van der Waals surface area contributed by atoms with Gasteiger partial charge in [-0.25, -0.2) is 0 Å². The standard InChI is InChI=1S/C40H74O20/c1-22(55-38-35(52)32(49)29(46)25(19-41)58-38)14-10-9-13-16-23(56-39-36(53)33(50)30(47)26(20-42)59-39)15-11-7-5-3-2-4-6-8-12-17-24(18-28(44)45)57-40-37(54)34(51)31(48)27(21-43)60-40/h22-27,29-43,46-54H,2-21H2,1H3,(H,44,45). The molecule has 20 heteroatoms. The zero-order chi connectivity index (χ0) is 44.4. The van der Waals surface area contributed by atoms with Crippen molar-refractivity contribution in [2.75, 3.05) is 19.8 Å². The highest BCUT2D eigenvalue weighted by atomic mass is 16.7. The number of aliphatic hydroxyl groups is 12. The number of carbonyl (C=O) groups is 1. The first-order valence-electron chi connectivity index (χ1n) is 21.7. The fourth-order valence-corrected chi connectivity index (χ4v) is 7.87. The number of hydrogen-bond acceptors (Lipinski definition) is 19. The molecule has 18 unspecified atom stereocenters. The Balaban J connectivity index is 1.36. The van der Waals surface area contributed by atoms with Crippen molar-refractivity contribution in [2.24, 2.45) is 0 Å². The zero-order valence-corrected chi connectivity index (χ0v) is 34.7. The van der Waals surface area contributed by atoms with E-state index in [1.54, 1.807) is 6.92 Å². The molecule has 0 saturated carbocycles. The Hall–Kier alpha value is -1.25. The number of aliphatic hydroxyl groups excluding tert-OH is 12. The van der Waals surface area contributed by atoms with Crippen LogP contribution in [0.3, 0.4) is 0 Å². The first-order chi connectivity index (χ1) is 28.6. The lowest BCUT2D eigenvalue weighted by Gasteiger charge is -2.41. The summed E-state index contributed by atoms with van der Waals surface area (Å²) in [7, 11) is 0. The van der Waals surface area contributed by atoms with Gasteiger partial charge in [-0.2, -0.15) is 0 Å². The minimum absolute atomic E-state index is 0.338. The number of aliphatic carboxylic acids is 1. The van der Waals surface area contributed by atoms with Crippen molar-refractivity contribution < 1.29 is 99.6 Å². The summed E-state index contributed by atoms with van der Waals surface area (Å²) in [6.45, 7) is 0.0646. The second-order valence-electron chi connectivity index (χ2n) is 16.5. The van der Waals surface area contributed by atoms with Crippen LogP contribution in [0.15, 0.2) is 0 Å². The van der Waals surface area contributed by atoms with E-state index in [0.717, 1.165) is 70.6 Å². The van der Waals surface area contributed by atoms with Gasteiger partial charge >= 0.3 is 5.97 Å². The van der Waals surface area contributed by atoms with E-state index >= 15 is 0 Å². The Morgan fingerprint density at radius 1 is 0.433 bits per heavy atom. The van der Waals surface area contributed by atoms with Crippen LogP contribution in [-0.4, -0.2) is 203 Å². The Morgan fingerprint density at radius 3 is 1.10 bits per heavy atom. The minimum atomic E-state index is -1.62. The van der Waals surface area contributed by atoms with Gasteiger partial charge in [0.2, 0.25) is 0 Å². The van der Waals surface area contributed by atoms with E-state index in [0.29, 0.717) is 32.1 Å². The normalized spacial score (nSPS) is 36.5. The molecule has 3 saturated heterocycles. The molecule has 0 amide bonds. The number of carboxylic acid groups (broad SMARTS) is 1. The molecule has 0 aliphatic carbocycles. The van der Waals surface area contributed by atoms with Gasteiger partial charge in [0.05, 0.1) is 44.6 Å². The van der Waals surface area contributed by atoms with Gasteiger partial charge in [-0.15, -0.1) is 0 Å². The highest BCUT2D eigenvalue weighted by molar-refractivity contribution is 5.67. The lowest BCUT2D eigenvalue weighted by molar-refractivity contribution is -0.312. The fourth-order valence-electron chi connectivity index (χ4n) is 7.87. The predicted octanol–water partition coefficient (Wildman–Crippen LogP) is -1.72. The molecule has 3 rings (SSSR count). The van der Waals surface area contributed by atoms with E-state index in [1.165, 1.54) is 0 Å². The Morgan fingerprint density at radius 2 is 0.733 bits per heavy atom. The summed E-state index contributed by atoms with van der Waals surface area (Å²) in [4.78, 5) is 11.4. The third kappa shape index (κ3) is 16.7. The van der Waals surface area contributed by atoms with Crippen molar-refractivity contribution in [2.45, 2.75) is 227 Å². The fraction of sp³-hybridized carbons (Fsp3) is 0.975. The van der Waals surface area contributed by atoms with E-state index in [1.807, 2.05) is 0 Å². The molecule has 3 aliphatic heterocycles. The number of rotatable bonds is 29. The highest BCUT2D eigenvalue weighted by Gasteiger charge is 2.47. The monoisotopic (exact) mass is 874 g/mol. The van der Waals surface area contributed by atoms with Crippen LogP contribution in [0.2, 0.25) is 0 Å². The number of carboxylic acids is 1. The van der Waals surface area contributed by atoms with Crippen LogP contribution in [0.1, 0.15) is 116 Å². The van der Waals surface area contributed by atoms with Crippen molar-refractivity contribution in [3.63, 3.8) is 0 Å². The van der Waals surface area contributed by atoms with E-state index in [4.69, 9.17) is 28.4 Å². The van der Waals surface area contributed by atoms with Gasteiger partial charge in [-0.3, -0.25) is 4.79 Å². The molecule has 13 N–H and O–H groups in total. The van der Waals surface area contributed by atoms with Gasteiger partial charge in [0.25, 0.3) is 0 Å². The van der Waals surface area contributed by atoms with Crippen LogP contribution in [0.25, 0.3) is 0 Å². The van der Waals surface area contributed by atoms with Gasteiger partial charge < -0.3 is 94.8 Å². The average Bonchev–Trinajstić information content (AvgIpc) is 3.22. The molecule has 0 aromatic heterocycles. The third-order valence-electron chi connectivity index (χ3n) is 11.7. The molecule has 354 valence electrons. The smallest absolute Gasteiger partial charge is 0.305 e. The number of ether oxygens (including phenoxy) is 6. The van der Waals surface area contributed by atoms with Crippen molar-refractivity contribution in [3.05, 3.63) is 0 Å². The molecule has 0 bridgehead atoms. The molecule has 3 aliphatic rings. The minimum Gasteiger partial charge on any atom is -0.481 e. The van der Waals surface area contributed by atoms with Crippen LogP contribution in [0, 0.1) is 0 Å². The molecule has 3 heterocycles. The molecular formula is C40H74O20. The molecule has 0 spiro atoms. The van der Waals surface area contributed by atoms with Crippen molar-refractivity contribution in [3.8, 4) is 0 Å². The van der Waals surface area contributed by atoms with Crippen molar-refractivity contribution >= 4 is 5.97 Å². The highest BCUT2D eigenvalue weighted by Crippen LogP contribution is 2.28. The Bertz CT molecular complexity index is 1150. The lowest BCUT2D eigenvalue weighted by Crippen LogP contribution is -2.59. The van der Waals surface area contributed by atoms with Gasteiger partial charge in [-0.1, -0.05) is 77.0 Å². The molecule has 0 aromatic rings. The second-order valence-corrected chi connectivity index (χ2v) is 16.5. The quantitative estimate of drug-likeness (QED) is 0.0372. The summed E-state index contributed by atoms with van der Waals surface area (Å²) in [6, 6.07) is 0. The van der Waals surface area contributed by atoms with Crippen LogP contribution >= 0.6 is 0 Å². The Kier molecular flexibility index (Phi) is 24.6. The molecule has 60 heavy (non-hydrogen) atoms. The van der Waals surface area contributed by atoms with E-state index in [-0.39, 0.29) is 18.6 Å². The first-order valence-corrected chi connectivity index (χ1v) is 21.7. The second kappa shape index (κ2) is 27.8. The maximum atomic E-state index is 11.4. The summed E-state index contributed by atoms with van der Waals surface area (Å²) in [6.07, 6.45) is -10.1. The van der Waals surface area contributed by atoms with Gasteiger partial charge in [0.15, 0.2) is 18.9 Å². The van der Waals surface area contributed by atoms with Gasteiger partial charge in [-0.05, 0) is 32.6 Å². The topological polar surface area (TPSA) is 335 Å². The molecule has 0 radical (unpaired) electrons. The molecule has 3 fully saturated rings.